The van der Waals surface area contributed by atoms with Crippen LogP contribution in [0.15, 0.2) is 0 Å². The molecule has 2 nitrogen and oxygen atoms in total. The second-order valence-electron chi connectivity index (χ2n) is 4.10. The molecule has 0 aliphatic heterocycles. The minimum absolute atomic E-state index is 0.352. The molecule has 0 radical (unpaired) electrons. The number of methoxy groups -OCH3 is 1. The van der Waals surface area contributed by atoms with E-state index in [9.17, 15) is 4.79 Å². The van der Waals surface area contributed by atoms with Gasteiger partial charge in [0.1, 0.15) is 5.60 Å². The van der Waals surface area contributed by atoms with Gasteiger partial charge in [0.25, 0.3) is 0 Å². The number of rotatable bonds is 1. The van der Waals surface area contributed by atoms with Crippen LogP contribution in [-0.4, -0.2) is 18.5 Å². The summed E-state index contributed by atoms with van der Waals surface area (Å²) in [5, 5.41) is 0. The Balaban J connectivity index is 2.24. The number of ketones is 1. The van der Waals surface area contributed by atoms with Crippen LogP contribution in [0.5, 0.6) is 0 Å². The second-order valence-corrected chi connectivity index (χ2v) is 4.10. The lowest BCUT2D eigenvalue weighted by Crippen LogP contribution is -2.41. The first-order valence-corrected chi connectivity index (χ1v) is 4.85. The first kappa shape index (κ1) is 8.24. The van der Waals surface area contributed by atoms with Gasteiger partial charge in [-0.2, -0.15) is 0 Å². The van der Waals surface area contributed by atoms with E-state index < -0.39 is 0 Å². The van der Waals surface area contributed by atoms with Crippen molar-refractivity contribution in [3.63, 3.8) is 0 Å². The Hall–Kier alpha value is -0.370. The Bertz CT molecular complexity index is 190. The smallest absolute Gasteiger partial charge is 0.164 e. The largest absolute Gasteiger partial charge is 0.370 e. The molecule has 3 aliphatic rings. The van der Waals surface area contributed by atoms with Crippen LogP contribution in [0.1, 0.15) is 38.5 Å². The molecule has 0 saturated heterocycles. The Labute approximate surface area is 73.3 Å². The first-order valence-electron chi connectivity index (χ1n) is 4.85. The summed E-state index contributed by atoms with van der Waals surface area (Å²) in [4.78, 5) is 11.7. The van der Waals surface area contributed by atoms with Gasteiger partial charge in [-0.15, -0.1) is 0 Å². The van der Waals surface area contributed by atoms with Gasteiger partial charge in [0.2, 0.25) is 0 Å². The number of hydrogen-bond acceptors (Lipinski definition) is 2. The predicted molar refractivity (Wildman–Crippen MR) is 45.9 cm³/mol. The van der Waals surface area contributed by atoms with Crippen molar-refractivity contribution < 1.29 is 9.53 Å². The molecule has 2 bridgehead atoms. The van der Waals surface area contributed by atoms with Crippen LogP contribution in [0.2, 0.25) is 0 Å². The van der Waals surface area contributed by atoms with Crippen LogP contribution in [0.3, 0.4) is 0 Å². The van der Waals surface area contributed by atoms with E-state index in [0.717, 1.165) is 31.6 Å². The van der Waals surface area contributed by atoms with Gasteiger partial charge < -0.3 is 4.74 Å². The molecular formula is C10H16O2. The van der Waals surface area contributed by atoms with E-state index in [1.54, 1.807) is 7.11 Å². The maximum Gasteiger partial charge on any atom is 0.164 e. The summed E-state index contributed by atoms with van der Waals surface area (Å²) >= 11 is 0. The highest BCUT2D eigenvalue weighted by molar-refractivity contribution is 5.87. The number of ether oxygens (including phenoxy) is 1. The number of carbonyl (C=O) groups is 1. The maximum atomic E-state index is 11.7. The van der Waals surface area contributed by atoms with Crippen LogP contribution in [0.25, 0.3) is 0 Å². The molecule has 0 aromatic carbocycles. The van der Waals surface area contributed by atoms with E-state index in [2.05, 4.69) is 0 Å². The summed E-state index contributed by atoms with van der Waals surface area (Å²) in [5.74, 6) is 1.16. The molecule has 0 unspecified atom stereocenters. The van der Waals surface area contributed by atoms with Crippen molar-refractivity contribution in [2.24, 2.45) is 5.92 Å². The minimum Gasteiger partial charge on any atom is -0.370 e. The topological polar surface area (TPSA) is 26.3 Å². The predicted octanol–water partition coefficient (Wildman–Crippen LogP) is 1.92. The van der Waals surface area contributed by atoms with Crippen LogP contribution < -0.4 is 0 Å². The molecule has 0 heterocycles. The molecule has 0 aromatic heterocycles. The average molecular weight is 168 g/mol. The average Bonchev–Trinajstić information content (AvgIpc) is 2.37. The number of carbonyl (C=O) groups excluding carboxylic acids is 1. The molecule has 0 N–H and O–H groups in total. The zero-order chi connectivity index (χ0) is 8.60. The number of fused-ring (bicyclic) bond motifs is 4. The van der Waals surface area contributed by atoms with Crippen molar-refractivity contribution in [1.29, 1.82) is 0 Å². The van der Waals surface area contributed by atoms with Crippen molar-refractivity contribution in [1.82, 2.24) is 0 Å². The summed E-state index contributed by atoms with van der Waals surface area (Å²) in [7, 11) is 1.68. The normalized spacial score (nSPS) is 41.4. The third-order valence-corrected chi connectivity index (χ3v) is 3.59. The molecule has 2 heteroatoms. The minimum atomic E-state index is -0.368. The van der Waals surface area contributed by atoms with Crippen LogP contribution in [0, 0.1) is 5.92 Å². The lowest BCUT2D eigenvalue weighted by molar-refractivity contribution is -0.143. The Morgan fingerprint density at radius 1 is 1.33 bits per heavy atom. The zero-order valence-electron chi connectivity index (χ0n) is 7.64. The lowest BCUT2D eigenvalue weighted by atomic mass is 9.80. The molecule has 0 atom stereocenters. The molecule has 3 fully saturated rings. The SMILES string of the molecule is COC12CCC(CCC1=O)CC2. The summed E-state index contributed by atoms with van der Waals surface area (Å²) in [5.41, 5.74) is -0.368. The third-order valence-electron chi connectivity index (χ3n) is 3.59. The van der Waals surface area contributed by atoms with Crippen LogP contribution in [0.4, 0.5) is 0 Å². The van der Waals surface area contributed by atoms with Gasteiger partial charge in [-0.3, -0.25) is 4.79 Å². The maximum absolute atomic E-state index is 11.7. The molecule has 12 heavy (non-hydrogen) atoms. The number of hydrogen-bond donors (Lipinski definition) is 0. The zero-order valence-corrected chi connectivity index (χ0v) is 7.64. The molecule has 3 rings (SSSR count). The molecule has 0 amide bonds. The third kappa shape index (κ3) is 1.09. The van der Waals surface area contributed by atoms with Crippen molar-refractivity contribution in [2.45, 2.75) is 44.1 Å². The molecule has 3 aliphatic carbocycles. The standard InChI is InChI=1S/C10H16O2/c1-12-10-6-4-8(5-7-10)2-3-9(10)11/h8H,2-7H2,1H3. The quantitative estimate of drug-likeness (QED) is 0.598. The summed E-state index contributed by atoms with van der Waals surface area (Å²) in [6.45, 7) is 0. The molecule has 0 aromatic rings. The highest BCUT2D eigenvalue weighted by atomic mass is 16.5. The van der Waals surface area contributed by atoms with Gasteiger partial charge in [0, 0.05) is 13.5 Å². The Morgan fingerprint density at radius 3 is 2.58 bits per heavy atom. The van der Waals surface area contributed by atoms with Crippen molar-refractivity contribution in [3.05, 3.63) is 0 Å². The van der Waals surface area contributed by atoms with E-state index in [-0.39, 0.29) is 5.60 Å². The fourth-order valence-electron chi connectivity index (χ4n) is 2.59. The monoisotopic (exact) mass is 168 g/mol. The van der Waals surface area contributed by atoms with E-state index in [1.807, 2.05) is 0 Å². The summed E-state index contributed by atoms with van der Waals surface area (Å²) in [6.07, 6.45) is 6.17. The molecule has 3 saturated carbocycles. The Kier molecular flexibility index (Phi) is 1.95. The fourth-order valence-corrected chi connectivity index (χ4v) is 2.59. The van der Waals surface area contributed by atoms with Gasteiger partial charge in [-0.05, 0) is 38.0 Å². The molecule has 68 valence electrons. The summed E-state index contributed by atoms with van der Waals surface area (Å²) in [6, 6.07) is 0. The van der Waals surface area contributed by atoms with Gasteiger partial charge in [-0.25, -0.2) is 0 Å². The molecule has 0 spiro atoms. The Morgan fingerprint density at radius 2 is 2.00 bits per heavy atom. The molecular weight excluding hydrogens is 152 g/mol. The first-order chi connectivity index (χ1) is 5.77. The van der Waals surface area contributed by atoms with Crippen molar-refractivity contribution in [3.8, 4) is 0 Å². The fraction of sp³-hybridized carbons (Fsp3) is 0.900. The van der Waals surface area contributed by atoms with Crippen molar-refractivity contribution >= 4 is 5.78 Å². The van der Waals surface area contributed by atoms with E-state index in [4.69, 9.17) is 4.74 Å². The summed E-state index contributed by atoms with van der Waals surface area (Å²) < 4.78 is 5.41. The van der Waals surface area contributed by atoms with E-state index in [1.165, 1.54) is 12.8 Å². The highest BCUT2D eigenvalue weighted by Crippen LogP contribution is 2.41. The van der Waals surface area contributed by atoms with Crippen molar-refractivity contribution in [2.75, 3.05) is 7.11 Å². The highest BCUT2D eigenvalue weighted by Gasteiger charge is 2.44. The second kappa shape index (κ2) is 2.84. The van der Waals surface area contributed by atoms with Crippen LogP contribution in [-0.2, 0) is 9.53 Å². The van der Waals surface area contributed by atoms with Gasteiger partial charge in [0.15, 0.2) is 5.78 Å². The van der Waals surface area contributed by atoms with Gasteiger partial charge >= 0.3 is 0 Å². The van der Waals surface area contributed by atoms with Crippen LogP contribution >= 0.6 is 0 Å². The van der Waals surface area contributed by atoms with Gasteiger partial charge in [-0.1, -0.05) is 0 Å². The van der Waals surface area contributed by atoms with E-state index in [0.29, 0.717) is 5.78 Å². The van der Waals surface area contributed by atoms with E-state index >= 15 is 0 Å². The number of Topliss-reactive ketones (excluding diaryl/α,β-unsaturated/α-hetero) is 1. The van der Waals surface area contributed by atoms with Gasteiger partial charge in [0.05, 0.1) is 0 Å². The lowest BCUT2D eigenvalue weighted by Gasteiger charge is -2.33.